The lowest BCUT2D eigenvalue weighted by Crippen LogP contribution is -2.28. The van der Waals surface area contributed by atoms with Crippen LogP contribution in [-0.4, -0.2) is 22.6 Å². The number of hydrogen-bond donors (Lipinski definition) is 2. The molecule has 2 heterocycles. The van der Waals surface area contributed by atoms with Crippen LogP contribution in [0, 0.1) is 6.92 Å². The molecule has 25 heavy (non-hydrogen) atoms. The second-order valence-corrected chi connectivity index (χ2v) is 6.91. The predicted molar refractivity (Wildman–Crippen MR) is 93.2 cm³/mol. The summed E-state index contributed by atoms with van der Waals surface area (Å²) in [5.74, 6) is -0.859. The zero-order valence-electron chi connectivity index (χ0n) is 13.2. The molecule has 126 valence electrons. The van der Waals surface area contributed by atoms with E-state index >= 15 is 0 Å². The molecule has 3 aliphatic carbocycles. The Morgan fingerprint density at radius 1 is 1.28 bits per heavy atom. The van der Waals surface area contributed by atoms with Crippen LogP contribution in [-0.2, 0) is 9.59 Å². The number of nitrogen functional groups attached to an aromatic ring is 1. The number of nitrogens with two attached hydrogens (primary N) is 2. The highest BCUT2D eigenvalue weighted by Gasteiger charge is 2.35. The molecule has 0 radical (unpaired) electrons. The molecule has 1 fully saturated rings. The van der Waals surface area contributed by atoms with Gasteiger partial charge in [-0.05, 0) is 37.5 Å². The molecular weight excluding hydrogens is 342 g/mol. The molecule has 4 N–H and O–H groups in total. The van der Waals surface area contributed by atoms with Gasteiger partial charge in [-0.2, -0.15) is 0 Å². The van der Waals surface area contributed by atoms with Crippen LogP contribution >= 0.6 is 11.3 Å². The van der Waals surface area contributed by atoms with Crippen molar-refractivity contribution in [3.8, 4) is 5.06 Å². The van der Waals surface area contributed by atoms with Gasteiger partial charge in [0.1, 0.15) is 4.83 Å². The topological polar surface area (TPSA) is 125 Å². The Balaban J connectivity index is 1.89. The first-order valence-electron chi connectivity index (χ1n) is 7.57. The molecule has 2 aromatic heterocycles. The average Bonchev–Trinajstić information content (AvgIpc) is 2.87. The van der Waals surface area contributed by atoms with Crippen molar-refractivity contribution >= 4 is 50.5 Å². The van der Waals surface area contributed by atoms with Crippen LogP contribution in [0.5, 0.6) is 5.06 Å². The number of Topliss-reactive ketones (excluding diaryl/α,β-unsaturated/α-hetero) is 2. The van der Waals surface area contributed by atoms with Gasteiger partial charge in [-0.25, -0.2) is 9.78 Å². The first-order valence-corrected chi connectivity index (χ1v) is 8.38. The SMILES string of the molecule is Cc1cc(C2=C3CCC(=C2)C(=O)C3=O)nc2sc(OC(N)=O)c(N)c12. The Labute approximate surface area is 146 Å². The van der Waals surface area contributed by atoms with E-state index in [2.05, 4.69) is 4.98 Å². The zero-order chi connectivity index (χ0) is 17.9. The van der Waals surface area contributed by atoms with Crippen molar-refractivity contribution < 1.29 is 19.1 Å². The fraction of sp³-hybridized carbons (Fsp3) is 0.176. The standard InChI is InChI=1S/C17H13N3O4S/c1-6-4-10(9-5-7-2-3-8(9)14(22)13(7)21)20-15-11(6)12(18)16(25-15)24-17(19)23/h4-5H,2-3,18H2,1H3,(H2,19,23). The summed E-state index contributed by atoms with van der Waals surface area (Å²) < 4.78 is 4.92. The van der Waals surface area contributed by atoms with E-state index in [1.165, 1.54) is 0 Å². The number of amides is 1. The van der Waals surface area contributed by atoms with E-state index in [4.69, 9.17) is 16.2 Å². The second-order valence-electron chi connectivity index (χ2n) is 5.95. The molecular formula is C17H13N3O4S. The quantitative estimate of drug-likeness (QED) is 0.629. The van der Waals surface area contributed by atoms with E-state index in [9.17, 15) is 14.4 Å². The molecule has 1 amide bonds. The van der Waals surface area contributed by atoms with Crippen molar-refractivity contribution in [3.05, 3.63) is 34.5 Å². The number of thiophene rings is 1. The Morgan fingerprint density at radius 2 is 2.04 bits per heavy atom. The van der Waals surface area contributed by atoms with Crippen molar-refractivity contribution in [2.45, 2.75) is 19.8 Å². The van der Waals surface area contributed by atoms with Crippen molar-refractivity contribution in [2.75, 3.05) is 5.73 Å². The third kappa shape index (κ3) is 2.25. The largest absolute Gasteiger partial charge is 0.410 e. The van der Waals surface area contributed by atoms with E-state index < -0.39 is 17.7 Å². The highest BCUT2D eigenvalue weighted by molar-refractivity contribution is 7.21. The lowest BCUT2D eigenvalue weighted by molar-refractivity contribution is -0.133. The van der Waals surface area contributed by atoms with Crippen LogP contribution in [0.25, 0.3) is 15.8 Å². The highest BCUT2D eigenvalue weighted by atomic mass is 32.1. The minimum absolute atomic E-state index is 0.197. The van der Waals surface area contributed by atoms with E-state index in [1.807, 2.05) is 13.0 Å². The lowest BCUT2D eigenvalue weighted by atomic mass is 9.78. The van der Waals surface area contributed by atoms with Gasteiger partial charge in [0.2, 0.25) is 16.6 Å². The third-order valence-electron chi connectivity index (χ3n) is 4.39. The minimum Gasteiger partial charge on any atom is -0.397 e. The van der Waals surface area contributed by atoms with Crippen molar-refractivity contribution in [1.82, 2.24) is 4.98 Å². The number of carbonyl (C=O) groups is 3. The summed E-state index contributed by atoms with van der Waals surface area (Å²) in [5.41, 5.74) is 14.5. The first-order chi connectivity index (χ1) is 11.9. The first kappa shape index (κ1) is 15.5. The summed E-state index contributed by atoms with van der Waals surface area (Å²) in [6.07, 6.45) is 1.94. The minimum atomic E-state index is -0.945. The molecule has 0 aliphatic heterocycles. The van der Waals surface area contributed by atoms with Gasteiger partial charge in [0.05, 0.1) is 11.4 Å². The number of carbonyl (C=O) groups excluding carboxylic acids is 3. The summed E-state index contributed by atoms with van der Waals surface area (Å²) in [6.45, 7) is 1.86. The van der Waals surface area contributed by atoms with Gasteiger partial charge in [0.15, 0.2) is 0 Å². The molecule has 2 aromatic rings. The monoisotopic (exact) mass is 355 g/mol. The fourth-order valence-electron chi connectivity index (χ4n) is 3.25. The van der Waals surface area contributed by atoms with E-state index in [0.29, 0.717) is 51.2 Å². The number of ketones is 2. The molecule has 0 atom stereocenters. The summed E-state index contributed by atoms with van der Waals surface area (Å²) in [7, 11) is 0. The average molecular weight is 355 g/mol. The number of hydrogen-bond acceptors (Lipinski definition) is 7. The maximum absolute atomic E-state index is 12.1. The number of anilines is 1. The predicted octanol–water partition coefficient (Wildman–Crippen LogP) is 2.27. The van der Waals surface area contributed by atoms with Gasteiger partial charge < -0.3 is 16.2 Å². The molecule has 1 saturated carbocycles. The van der Waals surface area contributed by atoms with Crippen molar-refractivity contribution in [2.24, 2.45) is 5.73 Å². The van der Waals surface area contributed by atoms with Gasteiger partial charge in [-0.3, -0.25) is 9.59 Å². The normalized spacial score (nSPS) is 16.6. The number of rotatable bonds is 2. The van der Waals surface area contributed by atoms with Crippen LogP contribution in [0.4, 0.5) is 10.5 Å². The molecule has 3 aliphatic rings. The Morgan fingerprint density at radius 3 is 2.72 bits per heavy atom. The van der Waals surface area contributed by atoms with Gasteiger partial charge in [0, 0.05) is 22.1 Å². The third-order valence-corrected chi connectivity index (χ3v) is 5.37. The van der Waals surface area contributed by atoms with Crippen molar-refractivity contribution in [1.29, 1.82) is 0 Å². The summed E-state index contributed by atoms with van der Waals surface area (Å²) in [6, 6.07) is 1.82. The zero-order valence-corrected chi connectivity index (χ0v) is 14.0. The lowest BCUT2D eigenvalue weighted by Gasteiger charge is -2.24. The number of allylic oxidation sites excluding steroid dienone is 4. The van der Waals surface area contributed by atoms with Gasteiger partial charge >= 0.3 is 6.09 Å². The van der Waals surface area contributed by atoms with Crippen LogP contribution in [0.3, 0.4) is 0 Å². The fourth-order valence-corrected chi connectivity index (χ4v) is 4.28. The smallest absolute Gasteiger partial charge is 0.397 e. The van der Waals surface area contributed by atoms with Gasteiger partial charge in [-0.15, -0.1) is 0 Å². The van der Waals surface area contributed by atoms with Gasteiger partial charge in [-0.1, -0.05) is 11.3 Å². The summed E-state index contributed by atoms with van der Waals surface area (Å²) in [4.78, 5) is 40.1. The number of nitrogens with zero attached hydrogens (tertiary/aromatic N) is 1. The molecule has 0 aromatic carbocycles. The molecule has 0 unspecified atom stereocenters. The maximum atomic E-state index is 12.1. The van der Waals surface area contributed by atoms with Crippen molar-refractivity contribution in [3.63, 3.8) is 0 Å². The maximum Gasteiger partial charge on any atom is 0.410 e. The Kier molecular flexibility index (Phi) is 3.26. The summed E-state index contributed by atoms with van der Waals surface area (Å²) >= 11 is 1.11. The molecule has 8 heteroatoms. The number of pyridine rings is 1. The number of fused-ring (bicyclic) bond motifs is 4. The number of aromatic nitrogens is 1. The molecule has 2 bridgehead atoms. The number of primary amides is 1. The van der Waals surface area contributed by atoms with Crippen LogP contribution in [0.2, 0.25) is 0 Å². The van der Waals surface area contributed by atoms with Gasteiger partial charge in [0.25, 0.3) is 0 Å². The van der Waals surface area contributed by atoms with Crippen LogP contribution in [0.15, 0.2) is 23.3 Å². The second kappa shape index (κ2) is 5.25. The van der Waals surface area contributed by atoms with E-state index in [0.717, 1.165) is 16.9 Å². The number of ether oxygens (including phenoxy) is 1. The Bertz CT molecular complexity index is 1060. The van der Waals surface area contributed by atoms with E-state index in [1.54, 1.807) is 6.08 Å². The number of aryl methyl sites for hydroxylation is 1. The molecule has 5 rings (SSSR count). The van der Waals surface area contributed by atoms with Crippen LogP contribution < -0.4 is 16.2 Å². The highest BCUT2D eigenvalue weighted by Crippen LogP contribution is 2.43. The molecule has 0 spiro atoms. The Hall–Kier alpha value is -3.00. The van der Waals surface area contributed by atoms with E-state index in [-0.39, 0.29) is 5.06 Å². The molecule has 7 nitrogen and oxygen atoms in total. The summed E-state index contributed by atoms with van der Waals surface area (Å²) in [5, 5.41) is 0.884. The molecule has 0 saturated heterocycles. The van der Waals surface area contributed by atoms with Crippen LogP contribution in [0.1, 0.15) is 24.1 Å².